The molecule has 0 saturated carbocycles. The van der Waals surface area contributed by atoms with Crippen LogP contribution in [-0.4, -0.2) is 42.3 Å². The van der Waals surface area contributed by atoms with Crippen molar-refractivity contribution in [2.75, 3.05) is 16.4 Å². The van der Waals surface area contributed by atoms with Crippen LogP contribution in [0.2, 0.25) is 0 Å². The molecule has 0 unspecified atom stereocenters. The van der Waals surface area contributed by atoms with Crippen LogP contribution in [0.25, 0.3) is 0 Å². The Morgan fingerprint density at radius 3 is 2.44 bits per heavy atom. The van der Waals surface area contributed by atoms with E-state index in [9.17, 15) is 13.2 Å². The van der Waals surface area contributed by atoms with E-state index in [4.69, 9.17) is 0 Å². The number of sulfone groups is 1. The zero-order valence-electron chi connectivity index (χ0n) is 14.5. The van der Waals surface area contributed by atoms with Gasteiger partial charge in [-0.05, 0) is 43.3 Å². The van der Waals surface area contributed by atoms with Crippen molar-refractivity contribution in [3.8, 4) is 0 Å². The van der Waals surface area contributed by atoms with Crippen LogP contribution in [0.1, 0.15) is 15.9 Å². The van der Waals surface area contributed by atoms with E-state index in [-0.39, 0.29) is 28.7 Å². The molecule has 8 heteroatoms. The minimum absolute atomic E-state index is 0.0873. The van der Waals surface area contributed by atoms with Gasteiger partial charge in [0.2, 0.25) is 0 Å². The third-order valence-electron chi connectivity index (χ3n) is 4.67. The van der Waals surface area contributed by atoms with E-state index in [1.807, 2.05) is 36.1 Å². The molecule has 2 saturated heterocycles. The highest BCUT2D eigenvalue weighted by molar-refractivity contribution is 9.10. The SMILES string of the molecule is Cc1ccc(N2C(=NC(=O)c3ccc(Br)cc3)S[C@@H]3CS(=O)(=O)C[C@@H]32)cc1. The normalized spacial score (nSPS) is 25.0. The average Bonchev–Trinajstić information content (AvgIpc) is 3.07. The van der Waals surface area contributed by atoms with Gasteiger partial charge < -0.3 is 4.90 Å². The van der Waals surface area contributed by atoms with Crippen LogP contribution in [0.3, 0.4) is 0 Å². The Kier molecular flexibility index (Phi) is 4.90. The number of carbonyl (C=O) groups excluding carboxylic acids is 1. The summed E-state index contributed by atoms with van der Waals surface area (Å²) in [6, 6.07) is 14.7. The van der Waals surface area contributed by atoms with E-state index in [1.54, 1.807) is 24.3 Å². The molecule has 2 aromatic carbocycles. The Balaban J connectivity index is 1.71. The Morgan fingerprint density at radius 1 is 1.11 bits per heavy atom. The number of nitrogens with zero attached hydrogens (tertiary/aromatic N) is 2. The maximum atomic E-state index is 12.6. The number of rotatable bonds is 2. The van der Waals surface area contributed by atoms with Crippen LogP contribution >= 0.6 is 27.7 Å². The van der Waals surface area contributed by atoms with Gasteiger partial charge in [0.25, 0.3) is 5.91 Å². The number of fused-ring (bicyclic) bond motifs is 1. The predicted molar refractivity (Wildman–Crippen MR) is 113 cm³/mol. The number of hydrogen-bond acceptors (Lipinski definition) is 4. The molecule has 2 aromatic rings. The highest BCUT2D eigenvalue weighted by Crippen LogP contribution is 2.41. The van der Waals surface area contributed by atoms with Gasteiger partial charge in [-0.15, -0.1) is 0 Å². The van der Waals surface area contributed by atoms with Crippen LogP contribution in [0.4, 0.5) is 5.69 Å². The van der Waals surface area contributed by atoms with E-state index < -0.39 is 9.84 Å². The van der Waals surface area contributed by atoms with Crippen molar-refractivity contribution < 1.29 is 13.2 Å². The summed E-state index contributed by atoms with van der Waals surface area (Å²) in [6.07, 6.45) is 0. The Morgan fingerprint density at radius 2 is 1.78 bits per heavy atom. The van der Waals surface area contributed by atoms with Gasteiger partial charge in [-0.3, -0.25) is 4.79 Å². The van der Waals surface area contributed by atoms with Crippen molar-refractivity contribution in [3.63, 3.8) is 0 Å². The number of amidine groups is 1. The molecule has 2 aliphatic heterocycles. The van der Waals surface area contributed by atoms with Crippen molar-refractivity contribution in [1.29, 1.82) is 0 Å². The zero-order valence-corrected chi connectivity index (χ0v) is 17.7. The number of amides is 1. The van der Waals surface area contributed by atoms with Crippen molar-refractivity contribution in [1.82, 2.24) is 0 Å². The first-order valence-electron chi connectivity index (χ1n) is 8.44. The number of carbonyl (C=O) groups is 1. The second-order valence-electron chi connectivity index (χ2n) is 6.71. The Hall–Kier alpha value is -1.64. The summed E-state index contributed by atoms with van der Waals surface area (Å²) in [5.74, 6) is -0.120. The number of hydrogen-bond donors (Lipinski definition) is 0. The molecule has 2 atom stereocenters. The number of aryl methyl sites for hydroxylation is 1. The molecule has 1 amide bonds. The largest absolute Gasteiger partial charge is 0.316 e. The summed E-state index contributed by atoms with van der Waals surface area (Å²) in [7, 11) is -3.07. The van der Waals surface area contributed by atoms with E-state index in [0.29, 0.717) is 10.7 Å². The molecule has 2 aliphatic rings. The van der Waals surface area contributed by atoms with Gasteiger partial charge in [-0.2, -0.15) is 4.99 Å². The Labute approximate surface area is 170 Å². The molecular formula is C19H17BrN2O3S2. The number of anilines is 1. The first kappa shape index (κ1) is 18.7. The van der Waals surface area contributed by atoms with Gasteiger partial charge in [0.1, 0.15) is 0 Å². The number of aliphatic imine (C=N–C) groups is 1. The molecule has 4 rings (SSSR count). The number of benzene rings is 2. The predicted octanol–water partition coefficient (Wildman–Crippen LogP) is 3.67. The maximum absolute atomic E-state index is 12.6. The molecule has 5 nitrogen and oxygen atoms in total. The second-order valence-corrected chi connectivity index (χ2v) is 11.0. The minimum atomic E-state index is -3.07. The third-order valence-corrected chi connectivity index (χ3v) is 8.41. The highest BCUT2D eigenvalue weighted by atomic mass is 79.9. The van der Waals surface area contributed by atoms with Gasteiger partial charge in [-0.25, -0.2) is 8.42 Å². The van der Waals surface area contributed by atoms with Crippen LogP contribution in [0.15, 0.2) is 58.0 Å². The summed E-state index contributed by atoms with van der Waals surface area (Å²) < 4.78 is 25.1. The van der Waals surface area contributed by atoms with Gasteiger partial charge >= 0.3 is 0 Å². The number of halogens is 1. The van der Waals surface area contributed by atoms with Crippen LogP contribution in [0.5, 0.6) is 0 Å². The number of thioether (sulfide) groups is 1. The second kappa shape index (κ2) is 7.07. The Bertz CT molecular complexity index is 1020. The maximum Gasteiger partial charge on any atom is 0.279 e. The molecule has 0 N–H and O–H groups in total. The van der Waals surface area contributed by atoms with Crippen molar-refractivity contribution in [3.05, 3.63) is 64.1 Å². The quantitative estimate of drug-likeness (QED) is 0.677. The average molecular weight is 465 g/mol. The first-order valence-corrected chi connectivity index (χ1v) is 11.9. The molecule has 0 aromatic heterocycles. The minimum Gasteiger partial charge on any atom is -0.316 e. The lowest BCUT2D eigenvalue weighted by Crippen LogP contribution is -2.37. The topological polar surface area (TPSA) is 66.8 Å². The van der Waals surface area contributed by atoms with Crippen LogP contribution < -0.4 is 4.90 Å². The summed E-state index contributed by atoms with van der Waals surface area (Å²) in [5, 5.41) is 0.462. The van der Waals surface area contributed by atoms with E-state index >= 15 is 0 Å². The van der Waals surface area contributed by atoms with Gasteiger partial charge in [0.15, 0.2) is 15.0 Å². The fourth-order valence-corrected chi connectivity index (χ4v) is 7.49. The highest BCUT2D eigenvalue weighted by Gasteiger charge is 2.49. The van der Waals surface area contributed by atoms with E-state index in [0.717, 1.165) is 15.7 Å². The first-order chi connectivity index (χ1) is 12.8. The summed E-state index contributed by atoms with van der Waals surface area (Å²) in [5.41, 5.74) is 2.48. The molecule has 0 bridgehead atoms. The molecule has 0 spiro atoms. The summed E-state index contributed by atoms with van der Waals surface area (Å²) in [4.78, 5) is 18.9. The molecule has 2 fully saturated rings. The summed E-state index contributed by atoms with van der Waals surface area (Å²) in [6.45, 7) is 2.00. The van der Waals surface area contributed by atoms with Crippen LogP contribution in [0, 0.1) is 6.92 Å². The van der Waals surface area contributed by atoms with Crippen LogP contribution in [-0.2, 0) is 9.84 Å². The van der Waals surface area contributed by atoms with Gasteiger partial charge in [-0.1, -0.05) is 45.4 Å². The van der Waals surface area contributed by atoms with E-state index in [1.165, 1.54) is 11.8 Å². The van der Waals surface area contributed by atoms with Crippen molar-refractivity contribution >= 4 is 54.3 Å². The van der Waals surface area contributed by atoms with Crippen molar-refractivity contribution in [2.24, 2.45) is 4.99 Å². The molecule has 0 aliphatic carbocycles. The lowest BCUT2D eigenvalue weighted by molar-refractivity contribution is 0.100. The summed E-state index contributed by atoms with van der Waals surface area (Å²) >= 11 is 4.74. The monoisotopic (exact) mass is 464 g/mol. The third kappa shape index (κ3) is 3.83. The van der Waals surface area contributed by atoms with Gasteiger partial charge in [0.05, 0.1) is 17.5 Å². The fourth-order valence-electron chi connectivity index (χ4n) is 3.32. The van der Waals surface area contributed by atoms with Crippen molar-refractivity contribution in [2.45, 2.75) is 18.2 Å². The van der Waals surface area contributed by atoms with E-state index in [2.05, 4.69) is 20.9 Å². The zero-order chi connectivity index (χ0) is 19.2. The lowest BCUT2D eigenvalue weighted by atomic mass is 10.1. The van der Waals surface area contributed by atoms with Gasteiger partial charge in [0, 0.05) is 21.0 Å². The molecular weight excluding hydrogens is 448 g/mol. The molecule has 0 radical (unpaired) electrons. The standard InChI is InChI=1S/C19H17BrN2O3S2/c1-12-2-8-15(9-3-12)22-16-10-27(24,25)11-17(16)26-19(22)21-18(23)13-4-6-14(20)7-5-13/h2-9,16-17H,10-11H2,1H3/t16-,17+/m0/s1. The molecule has 2 heterocycles. The lowest BCUT2D eigenvalue weighted by Gasteiger charge is -2.24. The smallest absolute Gasteiger partial charge is 0.279 e. The molecule has 27 heavy (non-hydrogen) atoms. The fraction of sp³-hybridized carbons (Fsp3) is 0.263. The molecule has 140 valence electrons.